The predicted octanol–water partition coefficient (Wildman–Crippen LogP) is 0.306. The summed E-state index contributed by atoms with van der Waals surface area (Å²) in [6.45, 7) is 5.38. The van der Waals surface area contributed by atoms with Crippen LogP contribution in [0.25, 0.3) is 0 Å². The summed E-state index contributed by atoms with van der Waals surface area (Å²) in [4.78, 5) is 24.6. The molecule has 1 aliphatic heterocycles. The fraction of sp³-hybridized carbons (Fsp3) is 0.857. The van der Waals surface area contributed by atoms with E-state index in [0.717, 1.165) is 6.42 Å². The molecule has 20 heavy (non-hydrogen) atoms. The Morgan fingerprint density at radius 1 is 1.30 bits per heavy atom. The molecule has 6 nitrogen and oxygen atoms in total. The second-order valence-corrected chi connectivity index (χ2v) is 5.88. The number of carboxylic acids is 1. The van der Waals surface area contributed by atoms with E-state index in [9.17, 15) is 14.7 Å². The summed E-state index contributed by atoms with van der Waals surface area (Å²) >= 11 is 0. The Bertz CT molecular complexity index is 325. The number of piperidine rings is 1. The van der Waals surface area contributed by atoms with Crippen LogP contribution in [0.4, 0.5) is 0 Å². The molecule has 0 radical (unpaired) electrons. The van der Waals surface area contributed by atoms with Crippen LogP contribution in [-0.2, 0) is 9.59 Å². The quantitative estimate of drug-likeness (QED) is 0.626. The van der Waals surface area contributed by atoms with Crippen molar-refractivity contribution in [3.63, 3.8) is 0 Å². The molecule has 0 aromatic heterocycles. The van der Waals surface area contributed by atoms with Gasteiger partial charge in [-0.25, -0.2) is 0 Å². The van der Waals surface area contributed by atoms with E-state index in [1.165, 1.54) is 0 Å². The highest BCUT2D eigenvalue weighted by molar-refractivity contribution is 5.79. The largest absolute Gasteiger partial charge is 0.481 e. The minimum Gasteiger partial charge on any atom is -0.481 e. The molecule has 0 spiro atoms. The summed E-state index contributed by atoms with van der Waals surface area (Å²) in [6.07, 6.45) is 1.87. The average Bonchev–Trinajstić information content (AvgIpc) is 2.42. The second-order valence-electron chi connectivity index (χ2n) is 5.88. The highest BCUT2D eigenvalue weighted by atomic mass is 16.4. The maximum Gasteiger partial charge on any atom is 0.306 e. The third-order valence-electron chi connectivity index (χ3n) is 3.72. The van der Waals surface area contributed by atoms with Crippen molar-refractivity contribution in [1.29, 1.82) is 0 Å². The smallest absolute Gasteiger partial charge is 0.306 e. The molecule has 1 rings (SSSR count). The number of rotatable bonds is 7. The number of hydrogen-bond acceptors (Lipinski definition) is 4. The third-order valence-corrected chi connectivity index (χ3v) is 3.72. The molecule has 1 saturated heterocycles. The second kappa shape index (κ2) is 8.21. The van der Waals surface area contributed by atoms with Gasteiger partial charge in [-0.3, -0.25) is 9.59 Å². The molecule has 1 unspecified atom stereocenters. The number of likely N-dealkylation sites (tertiary alicyclic amines) is 1. The van der Waals surface area contributed by atoms with Crippen LogP contribution in [0.1, 0.15) is 33.1 Å². The first kappa shape index (κ1) is 16.9. The van der Waals surface area contributed by atoms with Crippen molar-refractivity contribution in [2.45, 2.75) is 39.2 Å². The average molecular weight is 286 g/mol. The Kier molecular flexibility index (Phi) is 6.95. The number of aliphatic hydroxyl groups excluding tert-OH is 1. The predicted molar refractivity (Wildman–Crippen MR) is 75.3 cm³/mol. The molecule has 0 bridgehead atoms. The molecular formula is C14H26N2O4. The van der Waals surface area contributed by atoms with Crippen LogP contribution in [0.3, 0.4) is 0 Å². The van der Waals surface area contributed by atoms with Gasteiger partial charge in [0.1, 0.15) is 0 Å². The van der Waals surface area contributed by atoms with Crippen molar-refractivity contribution in [3.8, 4) is 0 Å². The molecule has 0 aliphatic carbocycles. The van der Waals surface area contributed by atoms with Gasteiger partial charge in [0.15, 0.2) is 0 Å². The zero-order valence-electron chi connectivity index (χ0n) is 12.3. The van der Waals surface area contributed by atoms with E-state index < -0.39 is 5.97 Å². The fourth-order valence-electron chi connectivity index (χ4n) is 2.51. The van der Waals surface area contributed by atoms with E-state index in [1.54, 1.807) is 4.90 Å². The summed E-state index contributed by atoms with van der Waals surface area (Å²) in [6, 6.07) is -0.0597. The Morgan fingerprint density at radius 3 is 2.35 bits per heavy atom. The number of nitrogens with zero attached hydrogens (tertiary/aromatic N) is 1. The Balaban J connectivity index is 2.31. The molecule has 1 atom stereocenters. The highest BCUT2D eigenvalue weighted by Gasteiger charge is 2.26. The third kappa shape index (κ3) is 5.46. The van der Waals surface area contributed by atoms with Crippen molar-refractivity contribution >= 4 is 11.9 Å². The first-order valence-corrected chi connectivity index (χ1v) is 7.28. The summed E-state index contributed by atoms with van der Waals surface area (Å²) in [5.74, 6) is -0.650. The molecule has 116 valence electrons. The van der Waals surface area contributed by atoms with Crippen molar-refractivity contribution in [2.24, 2.45) is 11.8 Å². The standard InChI is InChI=1S/C14H26N2O4/c1-10(2)7-12(9-17)15-8-13(18)16-5-3-11(4-6-16)14(19)20/h10-12,15,17H,3-9H2,1-2H3,(H,19,20). The number of aliphatic carboxylic acids is 1. The van der Waals surface area contributed by atoms with E-state index in [2.05, 4.69) is 19.2 Å². The Morgan fingerprint density at radius 2 is 1.90 bits per heavy atom. The maximum absolute atomic E-state index is 12.0. The van der Waals surface area contributed by atoms with Crippen LogP contribution in [0, 0.1) is 11.8 Å². The molecule has 6 heteroatoms. The fourth-order valence-corrected chi connectivity index (χ4v) is 2.51. The minimum atomic E-state index is -0.771. The van der Waals surface area contributed by atoms with Gasteiger partial charge in [0.05, 0.1) is 19.1 Å². The van der Waals surface area contributed by atoms with Crippen molar-refractivity contribution < 1.29 is 19.8 Å². The van der Waals surface area contributed by atoms with Gasteiger partial charge >= 0.3 is 5.97 Å². The van der Waals surface area contributed by atoms with Crippen LogP contribution in [-0.4, -0.2) is 59.3 Å². The van der Waals surface area contributed by atoms with E-state index in [0.29, 0.717) is 31.8 Å². The monoisotopic (exact) mass is 286 g/mol. The topological polar surface area (TPSA) is 89.9 Å². The van der Waals surface area contributed by atoms with E-state index in [-0.39, 0.29) is 31.0 Å². The van der Waals surface area contributed by atoms with Gasteiger partial charge in [-0.15, -0.1) is 0 Å². The Labute approximate surface area is 120 Å². The molecule has 1 heterocycles. The van der Waals surface area contributed by atoms with E-state index >= 15 is 0 Å². The highest BCUT2D eigenvalue weighted by Crippen LogP contribution is 2.17. The molecule has 0 aromatic carbocycles. The molecule has 0 aromatic rings. The lowest BCUT2D eigenvalue weighted by atomic mass is 9.97. The van der Waals surface area contributed by atoms with Gasteiger partial charge < -0.3 is 20.4 Å². The molecule has 1 aliphatic rings. The molecular weight excluding hydrogens is 260 g/mol. The normalized spacial score (nSPS) is 18.3. The van der Waals surface area contributed by atoms with Crippen LogP contribution in [0.15, 0.2) is 0 Å². The lowest BCUT2D eigenvalue weighted by Crippen LogP contribution is -2.46. The number of carbonyl (C=O) groups is 2. The number of carbonyl (C=O) groups excluding carboxylic acids is 1. The lowest BCUT2D eigenvalue weighted by Gasteiger charge is -2.30. The number of aliphatic hydroxyl groups is 1. The van der Waals surface area contributed by atoms with E-state index in [1.807, 2.05) is 0 Å². The zero-order chi connectivity index (χ0) is 15.1. The number of amides is 1. The first-order valence-electron chi connectivity index (χ1n) is 7.28. The molecule has 3 N–H and O–H groups in total. The summed E-state index contributed by atoms with van der Waals surface area (Å²) in [5.41, 5.74) is 0. The minimum absolute atomic E-state index is 0.0176. The van der Waals surface area contributed by atoms with E-state index in [4.69, 9.17) is 5.11 Å². The molecule has 1 fully saturated rings. The zero-order valence-corrected chi connectivity index (χ0v) is 12.3. The number of carboxylic acid groups (broad SMARTS) is 1. The van der Waals surface area contributed by atoms with Crippen LogP contribution < -0.4 is 5.32 Å². The number of nitrogens with one attached hydrogen (secondary N) is 1. The van der Waals surface area contributed by atoms with Gasteiger partial charge in [0.2, 0.25) is 5.91 Å². The van der Waals surface area contributed by atoms with Gasteiger partial charge in [-0.1, -0.05) is 13.8 Å². The first-order chi connectivity index (χ1) is 9.43. The summed E-state index contributed by atoms with van der Waals surface area (Å²) in [5, 5.41) is 21.2. The van der Waals surface area contributed by atoms with Gasteiger partial charge in [0.25, 0.3) is 0 Å². The summed E-state index contributed by atoms with van der Waals surface area (Å²) < 4.78 is 0. The van der Waals surface area contributed by atoms with Gasteiger partial charge in [-0.05, 0) is 25.2 Å². The van der Waals surface area contributed by atoms with Crippen LogP contribution >= 0.6 is 0 Å². The molecule has 0 saturated carbocycles. The van der Waals surface area contributed by atoms with Crippen molar-refractivity contribution in [3.05, 3.63) is 0 Å². The van der Waals surface area contributed by atoms with Crippen molar-refractivity contribution in [1.82, 2.24) is 10.2 Å². The van der Waals surface area contributed by atoms with Crippen molar-refractivity contribution in [2.75, 3.05) is 26.2 Å². The van der Waals surface area contributed by atoms with Gasteiger partial charge in [-0.2, -0.15) is 0 Å². The molecule has 1 amide bonds. The summed E-state index contributed by atoms with van der Waals surface area (Å²) in [7, 11) is 0. The lowest BCUT2D eigenvalue weighted by molar-refractivity contribution is -0.145. The number of hydrogen-bond donors (Lipinski definition) is 3. The van der Waals surface area contributed by atoms with Crippen LogP contribution in [0.5, 0.6) is 0 Å². The van der Waals surface area contributed by atoms with Gasteiger partial charge in [0, 0.05) is 19.1 Å². The SMILES string of the molecule is CC(C)CC(CO)NCC(=O)N1CCC(C(=O)O)CC1. The van der Waals surface area contributed by atoms with Crippen LogP contribution in [0.2, 0.25) is 0 Å². The Hall–Kier alpha value is -1.14. The maximum atomic E-state index is 12.0.